The molecule has 0 aromatic rings. The highest BCUT2D eigenvalue weighted by atomic mass is 31.2. The van der Waals surface area contributed by atoms with E-state index in [1.807, 2.05) is 21.1 Å². The number of carbonyl (C=O) groups excluding carboxylic acids is 1. The number of nitrogens with one attached hydrogen (secondary N) is 1. The average molecular weight is 940 g/mol. The lowest BCUT2D eigenvalue weighted by Crippen LogP contribution is -2.46. The van der Waals surface area contributed by atoms with E-state index in [0.29, 0.717) is 23.9 Å². The molecule has 0 aliphatic carbocycles. The van der Waals surface area contributed by atoms with Gasteiger partial charge in [-0.3, -0.25) is 13.8 Å². The van der Waals surface area contributed by atoms with Crippen molar-refractivity contribution in [2.45, 2.75) is 206 Å². The number of quaternary nitrogens is 1. The Morgan fingerprint density at radius 2 is 0.909 bits per heavy atom. The first-order chi connectivity index (χ1) is 32.0. The Morgan fingerprint density at radius 1 is 0.530 bits per heavy atom. The van der Waals surface area contributed by atoms with Crippen LogP contribution in [-0.2, 0) is 18.4 Å². The van der Waals surface area contributed by atoms with Crippen LogP contribution >= 0.6 is 7.82 Å². The maximum atomic E-state index is 12.9. The van der Waals surface area contributed by atoms with Crippen molar-refractivity contribution in [1.82, 2.24) is 5.32 Å². The second-order valence-electron chi connectivity index (χ2n) is 18.5. The molecule has 8 nitrogen and oxygen atoms in total. The lowest BCUT2D eigenvalue weighted by molar-refractivity contribution is -0.870. The number of hydrogen-bond acceptors (Lipinski definition) is 5. The number of allylic oxidation sites excluding steroid dienone is 18. The number of likely N-dealkylation sites (N-methyl/N-ethyl adjacent to an activating group) is 1. The largest absolute Gasteiger partial charge is 0.472 e. The van der Waals surface area contributed by atoms with Crippen molar-refractivity contribution in [2.24, 2.45) is 0 Å². The Kier molecular flexibility index (Phi) is 45.2. The summed E-state index contributed by atoms with van der Waals surface area (Å²) in [5, 5.41) is 13.9. The first kappa shape index (κ1) is 63.2. The van der Waals surface area contributed by atoms with Gasteiger partial charge >= 0.3 is 7.82 Å². The van der Waals surface area contributed by atoms with Crippen molar-refractivity contribution < 1.29 is 32.9 Å². The van der Waals surface area contributed by atoms with E-state index < -0.39 is 20.0 Å². The van der Waals surface area contributed by atoms with Crippen LogP contribution < -0.4 is 5.32 Å². The Hall–Kier alpha value is -2.84. The van der Waals surface area contributed by atoms with Crippen molar-refractivity contribution >= 4 is 13.7 Å². The van der Waals surface area contributed by atoms with Crippen molar-refractivity contribution in [3.63, 3.8) is 0 Å². The normalized spacial score (nSPS) is 15.0. The van der Waals surface area contributed by atoms with Crippen LogP contribution in [0.2, 0.25) is 0 Å². The Labute approximate surface area is 406 Å². The highest BCUT2D eigenvalue weighted by molar-refractivity contribution is 7.47. The molecule has 0 bridgehead atoms. The summed E-state index contributed by atoms with van der Waals surface area (Å²) >= 11 is 0. The van der Waals surface area contributed by atoms with E-state index in [0.717, 1.165) is 103 Å². The second kappa shape index (κ2) is 47.2. The summed E-state index contributed by atoms with van der Waals surface area (Å²) in [4.78, 5) is 23.1. The maximum absolute atomic E-state index is 12.9. The summed E-state index contributed by atoms with van der Waals surface area (Å²) in [6.45, 7) is 4.70. The molecule has 0 aliphatic rings. The molecule has 66 heavy (non-hydrogen) atoms. The summed E-state index contributed by atoms with van der Waals surface area (Å²) in [5.74, 6) is -0.161. The Bertz CT molecular complexity index is 1440. The number of phosphoric acid groups is 1. The van der Waals surface area contributed by atoms with Gasteiger partial charge in [-0.2, -0.15) is 0 Å². The zero-order valence-electron chi connectivity index (χ0n) is 42.9. The predicted octanol–water partition coefficient (Wildman–Crippen LogP) is 15.6. The molecule has 3 atom stereocenters. The number of unbranched alkanes of at least 4 members (excludes halogenated alkanes) is 15. The molecule has 378 valence electrons. The minimum atomic E-state index is -4.31. The fourth-order valence-corrected chi connectivity index (χ4v) is 7.66. The van der Waals surface area contributed by atoms with Crippen LogP contribution in [0.25, 0.3) is 0 Å². The summed E-state index contributed by atoms with van der Waals surface area (Å²) in [6.07, 6.45) is 68.8. The SMILES string of the molecule is CC/C=C\C/C=C\C/C=C\C/C=C\C/C=C\C/C=C\C/C=C\C/C=C\C/C=C\CCCCCCCCCCCC(=O)NC(COP(=O)(O)OCC[N+](C)(C)C)C(O)CCCCCCCCC. The van der Waals surface area contributed by atoms with E-state index in [9.17, 15) is 19.4 Å². The highest BCUT2D eigenvalue weighted by Gasteiger charge is 2.28. The zero-order chi connectivity index (χ0) is 48.5. The number of carbonyl (C=O) groups is 1. The molecule has 0 aromatic carbocycles. The van der Waals surface area contributed by atoms with Gasteiger partial charge in [-0.1, -0.05) is 213 Å². The molecule has 3 unspecified atom stereocenters. The average Bonchev–Trinajstić information content (AvgIpc) is 3.28. The molecular formula is C57H100N2O6P+. The third-order valence-electron chi connectivity index (χ3n) is 11.0. The van der Waals surface area contributed by atoms with Crippen molar-refractivity contribution in [2.75, 3.05) is 40.9 Å². The van der Waals surface area contributed by atoms with Gasteiger partial charge in [0.05, 0.1) is 39.9 Å². The molecular weight excluding hydrogens is 840 g/mol. The van der Waals surface area contributed by atoms with Crippen LogP contribution in [0.4, 0.5) is 0 Å². The van der Waals surface area contributed by atoms with Crippen LogP contribution in [0, 0.1) is 0 Å². The van der Waals surface area contributed by atoms with E-state index in [4.69, 9.17) is 9.05 Å². The molecule has 0 aliphatic heterocycles. The molecule has 0 saturated heterocycles. The van der Waals surface area contributed by atoms with Crippen molar-refractivity contribution in [3.05, 3.63) is 109 Å². The molecule has 0 heterocycles. The van der Waals surface area contributed by atoms with E-state index in [-0.39, 0.29) is 19.1 Å². The van der Waals surface area contributed by atoms with Gasteiger partial charge in [0, 0.05) is 6.42 Å². The van der Waals surface area contributed by atoms with Crippen molar-refractivity contribution in [3.8, 4) is 0 Å². The number of aliphatic hydroxyl groups is 1. The van der Waals surface area contributed by atoms with Crippen molar-refractivity contribution in [1.29, 1.82) is 0 Å². The van der Waals surface area contributed by atoms with E-state index in [1.54, 1.807) is 0 Å². The topological polar surface area (TPSA) is 105 Å². The number of hydrogen-bond donors (Lipinski definition) is 3. The summed E-state index contributed by atoms with van der Waals surface area (Å²) in [6, 6.07) is -0.768. The minimum absolute atomic E-state index is 0.0678. The monoisotopic (exact) mass is 940 g/mol. The summed E-state index contributed by atoms with van der Waals surface area (Å²) < 4.78 is 23.5. The van der Waals surface area contributed by atoms with Crippen LogP contribution in [0.5, 0.6) is 0 Å². The van der Waals surface area contributed by atoms with E-state index in [1.165, 1.54) is 64.2 Å². The van der Waals surface area contributed by atoms with Gasteiger partial charge in [-0.05, 0) is 83.5 Å². The minimum Gasteiger partial charge on any atom is -0.391 e. The summed E-state index contributed by atoms with van der Waals surface area (Å²) in [7, 11) is 1.59. The van der Waals surface area contributed by atoms with Gasteiger partial charge in [0.15, 0.2) is 0 Å². The van der Waals surface area contributed by atoms with Crippen LogP contribution in [0.15, 0.2) is 109 Å². The van der Waals surface area contributed by atoms with Gasteiger partial charge in [-0.25, -0.2) is 4.57 Å². The van der Waals surface area contributed by atoms with Gasteiger partial charge in [0.25, 0.3) is 0 Å². The molecule has 0 radical (unpaired) electrons. The number of nitrogens with zero attached hydrogens (tertiary/aromatic N) is 1. The van der Waals surface area contributed by atoms with E-state index >= 15 is 0 Å². The molecule has 0 fully saturated rings. The van der Waals surface area contributed by atoms with Gasteiger partial charge < -0.3 is 19.8 Å². The zero-order valence-corrected chi connectivity index (χ0v) is 43.8. The predicted molar refractivity (Wildman–Crippen MR) is 285 cm³/mol. The van der Waals surface area contributed by atoms with Crippen LogP contribution in [0.3, 0.4) is 0 Å². The second-order valence-corrected chi connectivity index (χ2v) is 20.0. The molecule has 1 amide bonds. The van der Waals surface area contributed by atoms with E-state index in [2.05, 4.69) is 129 Å². The highest BCUT2D eigenvalue weighted by Crippen LogP contribution is 2.43. The van der Waals surface area contributed by atoms with Crippen LogP contribution in [0.1, 0.15) is 194 Å². The quantitative estimate of drug-likeness (QED) is 0.0243. The molecule has 0 rings (SSSR count). The third-order valence-corrected chi connectivity index (χ3v) is 12.0. The van der Waals surface area contributed by atoms with Crippen LogP contribution in [-0.4, -0.2) is 73.4 Å². The molecule has 9 heteroatoms. The Morgan fingerprint density at radius 3 is 1.33 bits per heavy atom. The fraction of sp³-hybridized carbons (Fsp3) is 0.667. The Balaban J connectivity index is 4.01. The first-order valence-corrected chi connectivity index (χ1v) is 27.7. The smallest absolute Gasteiger partial charge is 0.391 e. The van der Waals surface area contributed by atoms with Gasteiger partial charge in [0.1, 0.15) is 13.2 Å². The first-order valence-electron chi connectivity index (χ1n) is 26.3. The molecule has 3 N–H and O–H groups in total. The lowest BCUT2D eigenvalue weighted by Gasteiger charge is -2.26. The number of amides is 1. The lowest BCUT2D eigenvalue weighted by atomic mass is 10.0. The number of rotatable bonds is 46. The maximum Gasteiger partial charge on any atom is 0.472 e. The fourth-order valence-electron chi connectivity index (χ4n) is 6.92. The molecule has 0 spiro atoms. The van der Waals surface area contributed by atoms with Gasteiger partial charge in [-0.15, -0.1) is 0 Å². The number of phosphoric ester groups is 1. The van der Waals surface area contributed by atoms with Gasteiger partial charge in [0.2, 0.25) is 5.91 Å². The third kappa shape index (κ3) is 49.1. The number of aliphatic hydroxyl groups excluding tert-OH is 1. The molecule has 0 aromatic heterocycles. The standard InChI is InChI=1S/C57H99N2O6P/c1-6-8-10-12-14-15-16-17-18-19-20-21-22-23-24-25-26-27-28-29-30-31-32-33-34-35-36-37-38-39-40-41-42-43-45-47-49-51-57(61)58-55(56(60)50-48-46-44-13-11-9-7-2)54-65-66(62,63)64-53-52-59(3,4)5/h8,10,14-15,17-18,20-21,23-24,26-27,29-30,32-33,35-36,55-56,60H,6-7,9,11-13,16,19,22,25,28,31,34,37-54H2,1-5H3,(H-,58,61,62,63)/p+1/b10-8-,15-14-,18-17-,21-20-,24-23-,27-26-,30-29-,33-32-,36-35-. The molecule has 0 saturated carbocycles. The summed E-state index contributed by atoms with van der Waals surface area (Å²) in [5.41, 5.74) is 0.